The SMILES string of the molecule is CN1CCC(N(C)c2nc(Cl)ncc2F)CC1. The van der Waals surface area contributed by atoms with Gasteiger partial charge in [-0.25, -0.2) is 9.37 Å². The van der Waals surface area contributed by atoms with Crippen molar-refractivity contribution in [2.45, 2.75) is 18.9 Å². The highest BCUT2D eigenvalue weighted by atomic mass is 35.5. The molecule has 0 aliphatic carbocycles. The number of anilines is 1. The van der Waals surface area contributed by atoms with Crippen molar-refractivity contribution in [1.82, 2.24) is 14.9 Å². The molecular formula is C11H16ClFN4. The first-order chi connectivity index (χ1) is 8.08. The fraction of sp³-hybridized carbons (Fsp3) is 0.636. The van der Waals surface area contributed by atoms with Gasteiger partial charge in [0.2, 0.25) is 5.28 Å². The van der Waals surface area contributed by atoms with Crippen molar-refractivity contribution in [2.24, 2.45) is 0 Å². The maximum absolute atomic E-state index is 13.6. The lowest BCUT2D eigenvalue weighted by atomic mass is 10.0. The smallest absolute Gasteiger partial charge is 0.224 e. The number of hydrogen-bond acceptors (Lipinski definition) is 4. The van der Waals surface area contributed by atoms with Crippen LogP contribution in [0.15, 0.2) is 6.20 Å². The minimum Gasteiger partial charge on any atom is -0.354 e. The van der Waals surface area contributed by atoms with Crippen molar-refractivity contribution in [3.8, 4) is 0 Å². The van der Waals surface area contributed by atoms with E-state index in [-0.39, 0.29) is 5.28 Å². The molecule has 0 aromatic carbocycles. The summed E-state index contributed by atoms with van der Waals surface area (Å²) in [6.07, 6.45) is 3.14. The Morgan fingerprint density at radius 3 is 2.76 bits per heavy atom. The molecule has 1 aromatic heterocycles. The van der Waals surface area contributed by atoms with Crippen LogP contribution in [0.5, 0.6) is 0 Å². The Kier molecular flexibility index (Phi) is 3.79. The van der Waals surface area contributed by atoms with Crippen molar-refractivity contribution in [3.63, 3.8) is 0 Å². The summed E-state index contributed by atoms with van der Waals surface area (Å²) in [7, 11) is 3.95. The van der Waals surface area contributed by atoms with E-state index in [1.807, 2.05) is 11.9 Å². The standard InChI is InChI=1S/C11H16ClFN4/c1-16-5-3-8(4-6-16)17(2)10-9(13)7-14-11(12)15-10/h7-8H,3-6H2,1-2H3. The number of piperidine rings is 1. The van der Waals surface area contributed by atoms with E-state index in [1.54, 1.807) is 0 Å². The van der Waals surface area contributed by atoms with Gasteiger partial charge in [0, 0.05) is 13.1 Å². The molecule has 2 rings (SSSR count). The van der Waals surface area contributed by atoms with Gasteiger partial charge in [0.1, 0.15) is 0 Å². The molecule has 0 spiro atoms. The van der Waals surface area contributed by atoms with Crippen LogP contribution in [-0.2, 0) is 0 Å². The van der Waals surface area contributed by atoms with E-state index < -0.39 is 5.82 Å². The van der Waals surface area contributed by atoms with Gasteiger partial charge in [0.15, 0.2) is 11.6 Å². The zero-order valence-corrected chi connectivity index (χ0v) is 10.8. The Labute approximate surface area is 105 Å². The third-order valence-corrected chi connectivity index (χ3v) is 3.45. The lowest BCUT2D eigenvalue weighted by molar-refractivity contribution is 0.252. The Balaban J connectivity index is 2.13. The first-order valence-electron chi connectivity index (χ1n) is 5.67. The van der Waals surface area contributed by atoms with E-state index in [1.165, 1.54) is 0 Å². The maximum Gasteiger partial charge on any atom is 0.224 e. The zero-order valence-electron chi connectivity index (χ0n) is 10.0. The second-order valence-electron chi connectivity index (χ2n) is 4.46. The molecule has 0 amide bonds. The lowest BCUT2D eigenvalue weighted by Gasteiger charge is -2.35. The zero-order chi connectivity index (χ0) is 12.4. The minimum atomic E-state index is -0.421. The van der Waals surface area contributed by atoms with Gasteiger partial charge in [0.25, 0.3) is 0 Å². The Morgan fingerprint density at radius 1 is 1.47 bits per heavy atom. The molecule has 1 fully saturated rings. The molecule has 0 radical (unpaired) electrons. The van der Waals surface area contributed by atoms with Gasteiger partial charge in [-0.2, -0.15) is 4.98 Å². The predicted octanol–water partition coefficient (Wildman–Crippen LogP) is 1.80. The number of likely N-dealkylation sites (tertiary alicyclic amines) is 1. The van der Waals surface area contributed by atoms with Gasteiger partial charge in [-0.3, -0.25) is 0 Å². The third kappa shape index (κ3) is 2.84. The van der Waals surface area contributed by atoms with Gasteiger partial charge >= 0.3 is 0 Å². The Morgan fingerprint density at radius 2 is 2.12 bits per heavy atom. The molecule has 94 valence electrons. The fourth-order valence-corrected chi connectivity index (χ4v) is 2.27. The van der Waals surface area contributed by atoms with E-state index in [0.717, 1.165) is 32.1 Å². The number of hydrogen-bond donors (Lipinski definition) is 0. The van der Waals surface area contributed by atoms with Gasteiger partial charge in [-0.05, 0) is 44.6 Å². The van der Waals surface area contributed by atoms with Gasteiger partial charge < -0.3 is 9.80 Å². The monoisotopic (exact) mass is 258 g/mol. The maximum atomic E-state index is 13.6. The summed E-state index contributed by atoms with van der Waals surface area (Å²) in [5, 5.41) is 0.0844. The molecule has 0 saturated carbocycles. The molecular weight excluding hydrogens is 243 g/mol. The summed E-state index contributed by atoms with van der Waals surface area (Å²) in [5.74, 6) is -0.129. The summed E-state index contributed by atoms with van der Waals surface area (Å²) in [6.45, 7) is 2.05. The topological polar surface area (TPSA) is 32.3 Å². The Bertz CT molecular complexity index is 393. The lowest BCUT2D eigenvalue weighted by Crippen LogP contribution is -2.42. The molecule has 1 saturated heterocycles. The van der Waals surface area contributed by atoms with Crippen LogP contribution in [0.4, 0.5) is 10.2 Å². The van der Waals surface area contributed by atoms with Crippen LogP contribution < -0.4 is 4.90 Å². The van der Waals surface area contributed by atoms with Crippen LogP contribution in [0.1, 0.15) is 12.8 Å². The van der Waals surface area contributed by atoms with Crippen molar-refractivity contribution in [2.75, 3.05) is 32.1 Å². The number of nitrogens with zero attached hydrogens (tertiary/aromatic N) is 4. The van der Waals surface area contributed by atoms with Crippen LogP contribution in [0.2, 0.25) is 5.28 Å². The van der Waals surface area contributed by atoms with Crippen molar-refractivity contribution in [1.29, 1.82) is 0 Å². The predicted molar refractivity (Wildman–Crippen MR) is 65.9 cm³/mol. The molecule has 1 aliphatic rings. The molecule has 1 aromatic rings. The molecule has 6 heteroatoms. The second-order valence-corrected chi connectivity index (χ2v) is 4.79. The van der Waals surface area contributed by atoms with Crippen LogP contribution in [-0.4, -0.2) is 48.1 Å². The highest BCUT2D eigenvalue weighted by Gasteiger charge is 2.23. The average Bonchev–Trinajstić information content (AvgIpc) is 2.32. The normalized spacial score (nSPS) is 18.4. The quantitative estimate of drug-likeness (QED) is 0.758. The minimum absolute atomic E-state index is 0.0844. The third-order valence-electron chi connectivity index (χ3n) is 3.27. The highest BCUT2D eigenvalue weighted by Crippen LogP contribution is 2.22. The molecule has 0 N–H and O–H groups in total. The van der Waals surface area contributed by atoms with Gasteiger partial charge in [0.05, 0.1) is 6.20 Å². The van der Waals surface area contributed by atoms with Crippen LogP contribution in [0, 0.1) is 5.82 Å². The van der Waals surface area contributed by atoms with Gasteiger partial charge in [-0.15, -0.1) is 0 Å². The van der Waals surface area contributed by atoms with Gasteiger partial charge in [-0.1, -0.05) is 0 Å². The van der Waals surface area contributed by atoms with Crippen LogP contribution in [0.25, 0.3) is 0 Å². The first-order valence-corrected chi connectivity index (χ1v) is 6.05. The summed E-state index contributed by atoms with van der Waals surface area (Å²) in [4.78, 5) is 11.7. The van der Waals surface area contributed by atoms with E-state index in [4.69, 9.17) is 11.6 Å². The van der Waals surface area contributed by atoms with Crippen molar-refractivity contribution < 1.29 is 4.39 Å². The average molecular weight is 259 g/mol. The van der Waals surface area contributed by atoms with E-state index in [2.05, 4.69) is 21.9 Å². The van der Waals surface area contributed by atoms with Crippen molar-refractivity contribution in [3.05, 3.63) is 17.3 Å². The molecule has 0 unspecified atom stereocenters. The largest absolute Gasteiger partial charge is 0.354 e. The number of halogens is 2. The van der Waals surface area contributed by atoms with Crippen molar-refractivity contribution >= 4 is 17.4 Å². The summed E-state index contributed by atoms with van der Waals surface area (Å²) in [5.41, 5.74) is 0. The molecule has 4 nitrogen and oxygen atoms in total. The molecule has 17 heavy (non-hydrogen) atoms. The Hall–Kier alpha value is -0.940. The molecule has 1 aliphatic heterocycles. The first kappa shape index (κ1) is 12.5. The fourth-order valence-electron chi connectivity index (χ4n) is 2.14. The number of aromatic nitrogens is 2. The van der Waals surface area contributed by atoms with Crippen LogP contribution in [0.3, 0.4) is 0 Å². The van der Waals surface area contributed by atoms with E-state index in [9.17, 15) is 4.39 Å². The van der Waals surface area contributed by atoms with Crippen LogP contribution >= 0.6 is 11.6 Å². The second kappa shape index (κ2) is 5.14. The highest BCUT2D eigenvalue weighted by molar-refractivity contribution is 6.28. The summed E-state index contributed by atoms with van der Waals surface area (Å²) >= 11 is 5.70. The number of rotatable bonds is 2. The molecule has 0 atom stereocenters. The summed E-state index contributed by atoms with van der Waals surface area (Å²) < 4.78 is 13.6. The molecule has 2 heterocycles. The van der Waals surface area contributed by atoms with E-state index >= 15 is 0 Å². The summed E-state index contributed by atoms with van der Waals surface area (Å²) in [6, 6.07) is 0.312. The van der Waals surface area contributed by atoms with E-state index in [0.29, 0.717) is 11.9 Å². The molecule has 0 bridgehead atoms.